The highest BCUT2D eigenvalue weighted by Gasteiger charge is 2.38. The topological polar surface area (TPSA) is 84.8 Å². The standard InChI is InChI=1S/C14H20N4O2/c1-14(2,3)11-5-4-10(9-15)12(8-11)17-7-6-13(16-17)18(19)20/h6-7,10-12H,4-5,8H2,1-3H3. The molecule has 0 bridgehead atoms. The molecule has 1 heterocycles. The van der Waals surface area contributed by atoms with Gasteiger partial charge in [0.1, 0.15) is 0 Å². The summed E-state index contributed by atoms with van der Waals surface area (Å²) in [4.78, 5) is 10.2. The summed E-state index contributed by atoms with van der Waals surface area (Å²) >= 11 is 0. The predicted molar refractivity (Wildman–Crippen MR) is 73.8 cm³/mol. The van der Waals surface area contributed by atoms with Crippen LogP contribution in [0.4, 0.5) is 5.82 Å². The first kappa shape index (κ1) is 14.5. The SMILES string of the molecule is CC(C)(C)C1CCC(C#N)C(n2ccc([N+](=O)[O-])n2)C1. The number of nitro groups is 1. The summed E-state index contributed by atoms with van der Waals surface area (Å²) in [5.41, 5.74) is 0.178. The van der Waals surface area contributed by atoms with Gasteiger partial charge in [-0.2, -0.15) is 9.94 Å². The van der Waals surface area contributed by atoms with Gasteiger partial charge >= 0.3 is 5.82 Å². The molecular weight excluding hydrogens is 256 g/mol. The lowest BCUT2D eigenvalue weighted by molar-refractivity contribution is -0.389. The minimum atomic E-state index is -0.498. The molecule has 1 fully saturated rings. The van der Waals surface area contributed by atoms with Crippen molar-refractivity contribution >= 4 is 5.82 Å². The van der Waals surface area contributed by atoms with Gasteiger partial charge in [0.25, 0.3) is 0 Å². The maximum Gasteiger partial charge on any atom is 0.389 e. The zero-order valence-corrected chi connectivity index (χ0v) is 12.1. The fourth-order valence-corrected chi connectivity index (χ4v) is 2.99. The molecule has 20 heavy (non-hydrogen) atoms. The molecule has 0 aromatic carbocycles. The Morgan fingerprint density at radius 1 is 1.50 bits per heavy atom. The molecule has 0 radical (unpaired) electrons. The summed E-state index contributed by atoms with van der Waals surface area (Å²) in [6.07, 6.45) is 4.33. The zero-order valence-electron chi connectivity index (χ0n) is 12.1. The van der Waals surface area contributed by atoms with Crippen LogP contribution in [0.2, 0.25) is 0 Å². The van der Waals surface area contributed by atoms with Gasteiger partial charge in [-0.05, 0) is 35.5 Å². The summed E-state index contributed by atoms with van der Waals surface area (Å²) in [6, 6.07) is 3.67. The van der Waals surface area contributed by atoms with E-state index in [2.05, 4.69) is 31.9 Å². The van der Waals surface area contributed by atoms with Crippen LogP contribution in [0.3, 0.4) is 0 Å². The molecule has 0 saturated heterocycles. The quantitative estimate of drug-likeness (QED) is 0.612. The molecule has 6 nitrogen and oxygen atoms in total. The summed E-state index contributed by atoms with van der Waals surface area (Å²) in [5.74, 6) is 0.230. The van der Waals surface area contributed by atoms with Crippen LogP contribution in [0, 0.1) is 38.7 Å². The van der Waals surface area contributed by atoms with Crippen molar-refractivity contribution in [3.05, 3.63) is 22.4 Å². The molecule has 1 saturated carbocycles. The number of nitriles is 1. The molecule has 2 rings (SSSR count). The first-order valence-electron chi connectivity index (χ1n) is 6.92. The van der Waals surface area contributed by atoms with Gasteiger partial charge in [-0.3, -0.25) is 0 Å². The Kier molecular flexibility index (Phi) is 3.80. The number of rotatable bonds is 2. The van der Waals surface area contributed by atoms with E-state index in [-0.39, 0.29) is 23.2 Å². The van der Waals surface area contributed by atoms with Gasteiger partial charge in [-0.1, -0.05) is 20.8 Å². The van der Waals surface area contributed by atoms with Crippen LogP contribution in [-0.4, -0.2) is 14.7 Å². The number of nitrogens with zero attached hydrogens (tertiary/aromatic N) is 4. The lowest BCUT2D eigenvalue weighted by Crippen LogP contribution is -2.33. The summed E-state index contributed by atoms with van der Waals surface area (Å²) < 4.78 is 1.62. The maximum absolute atomic E-state index is 10.7. The Morgan fingerprint density at radius 2 is 2.20 bits per heavy atom. The highest BCUT2D eigenvalue weighted by Crippen LogP contribution is 2.44. The van der Waals surface area contributed by atoms with Crippen molar-refractivity contribution in [3.63, 3.8) is 0 Å². The van der Waals surface area contributed by atoms with Gasteiger partial charge in [0.15, 0.2) is 0 Å². The zero-order chi connectivity index (χ0) is 14.9. The minimum Gasteiger partial charge on any atom is -0.358 e. The van der Waals surface area contributed by atoms with Crippen LogP contribution in [0.25, 0.3) is 0 Å². The fraction of sp³-hybridized carbons (Fsp3) is 0.714. The van der Waals surface area contributed by atoms with E-state index in [9.17, 15) is 15.4 Å². The van der Waals surface area contributed by atoms with Crippen LogP contribution in [0.1, 0.15) is 46.1 Å². The van der Waals surface area contributed by atoms with Gasteiger partial charge in [0, 0.05) is 0 Å². The summed E-state index contributed by atoms with van der Waals surface area (Å²) in [6.45, 7) is 6.60. The molecule has 3 unspecified atom stereocenters. The van der Waals surface area contributed by atoms with Crippen molar-refractivity contribution in [2.75, 3.05) is 0 Å². The first-order chi connectivity index (χ1) is 9.32. The van der Waals surface area contributed by atoms with Gasteiger partial charge in [0.2, 0.25) is 0 Å². The molecule has 1 aliphatic rings. The third-order valence-electron chi connectivity index (χ3n) is 4.33. The van der Waals surface area contributed by atoms with Crippen LogP contribution in [-0.2, 0) is 0 Å². The maximum atomic E-state index is 10.7. The highest BCUT2D eigenvalue weighted by atomic mass is 16.6. The molecule has 1 aromatic rings. The monoisotopic (exact) mass is 276 g/mol. The molecule has 0 spiro atoms. The van der Waals surface area contributed by atoms with Gasteiger partial charge < -0.3 is 10.1 Å². The normalized spacial score (nSPS) is 27.0. The predicted octanol–water partition coefficient (Wildman–Crippen LogP) is 3.32. The third-order valence-corrected chi connectivity index (χ3v) is 4.33. The van der Waals surface area contributed by atoms with E-state index in [0.717, 1.165) is 19.3 Å². The molecular formula is C14H20N4O2. The van der Waals surface area contributed by atoms with E-state index in [1.807, 2.05) is 0 Å². The number of hydrogen-bond acceptors (Lipinski definition) is 4. The average molecular weight is 276 g/mol. The van der Waals surface area contributed by atoms with E-state index in [1.54, 1.807) is 10.9 Å². The van der Waals surface area contributed by atoms with E-state index >= 15 is 0 Å². The Morgan fingerprint density at radius 3 is 2.70 bits per heavy atom. The van der Waals surface area contributed by atoms with Crippen molar-refractivity contribution in [1.29, 1.82) is 5.26 Å². The van der Waals surface area contributed by atoms with Crippen molar-refractivity contribution in [2.24, 2.45) is 17.3 Å². The second kappa shape index (κ2) is 5.23. The number of aromatic nitrogens is 2. The molecule has 0 amide bonds. The van der Waals surface area contributed by atoms with Gasteiger partial charge in [-0.25, -0.2) is 0 Å². The Labute approximate surface area is 118 Å². The Bertz CT molecular complexity index is 538. The molecule has 3 atom stereocenters. The van der Waals surface area contributed by atoms with Crippen molar-refractivity contribution in [1.82, 2.24) is 9.78 Å². The third kappa shape index (κ3) is 2.82. The largest absolute Gasteiger partial charge is 0.389 e. The van der Waals surface area contributed by atoms with Crippen LogP contribution in [0.15, 0.2) is 12.3 Å². The average Bonchev–Trinajstić information content (AvgIpc) is 2.86. The second-order valence-electron chi connectivity index (χ2n) is 6.59. The molecule has 0 N–H and O–H groups in total. The molecule has 6 heteroatoms. The van der Waals surface area contributed by atoms with E-state index < -0.39 is 4.92 Å². The highest BCUT2D eigenvalue weighted by molar-refractivity contribution is 5.15. The summed E-state index contributed by atoms with van der Waals surface area (Å²) in [5, 5.41) is 24.1. The molecule has 1 aromatic heterocycles. The van der Waals surface area contributed by atoms with E-state index in [4.69, 9.17) is 0 Å². The fourth-order valence-electron chi connectivity index (χ4n) is 2.99. The van der Waals surface area contributed by atoms with Crippen molar-refractivity contribution < 1.29 is 4.92 Å². The lowest BCUT2D eigenvalue weighted by Gasteiger charge is -2.38. The first-order valence-corrected chi connectivity index (χ1v) is 6.92. The Balaban J connectivity index is 2.25. The smallest absolute Gasteiger partial charge is 0.358 e. The lowest BCUT2D eigenvalue weighted by atomic mass is 9.68. The molecule has 1 aliphatic carbocycles. The van der Waals surface area contributed by atoms with Crippen molar-refractivity contribution in [3.8, 4) is 6.07 Å². The minimum absolute atomic E-state index is 0.0633. The molecule has 108 valence electrons. The van der Waals surface area contributed by atoms with E-state index in [1.165, 1.54) is 6.07 Å². The van der Waals surface area contributed by atoms with Crippen molar-refractivity contribution in [2.45, 2.75) is 46.1 Å². The van der Waals surface area contributed by atoms with Gasteiger partial charge in [-0.15, -0.1) is 0 Å². The second-order valence-corrected chi connectivity index (χ2v) is 6.59. The van der Waals surface area contributed by atoms with E-state index in [0.29, 0.717) is 5.92 Å². The summed E-state index contributed by atoms with van der Waals surface area (Å²) in [7, 11) is 0. The van der Waals surface area contributed by atoms with Crippen LogP contribution in [0.5, 0.6) is 0 Å². The van der Waals surface area contributed by atoms with Crippen LogP contribution < -0.4 is 0 Å². The van der Waals surface area contributed by atoms with Gasteiger partial charge in [0.05, 0.1) is 35.4 Å². The molecule has 0 aliphatic heterocycles. The van der Waals surface area contributed by atoms with Crippen LogP contribution >= 0.6 is 0 Å². The number of hydrogen-bond donors (Lipinski definition) is 0. The Hall–Kier alpha value is -1.90.